The molecule has 1 unspecified atom stereocenters. The van der Waals surface area contributed by atoms with Gasteiger partial charge in [0.15, 0.2) is 0 Å². The van der Waals surface area contributed by atoms with E-state index in [0.717, 1.165) is 11.3 Å². The number of rotatable bonds is 9. The van der Waals surface area contributed by atoms with E-state index in [1.54, 1.807) is 26.0 Å². The Balaban J connectivity index is 1.41. The van der Waals surface area contributed by atoms with Crippen LogP contribution in [0.1, 0.15) is 35.5 Å². The van der Waals surface area contributed by atoms with Crippen molar-refractivity contribution >= 4 is 27.8 Å². The van der Waals surface area contributed by atoms with Crippen LogP contribution in [0, 0.1) is 17.8 Å². The van der Waals surface area contributed by atoms with Crippen LogP contribution in [0.4, 0.5) is 5.69 Å². The Bertz CT molecular complexity index is 1600. The van der Waals surface area contributed by atoms with Crippen LogP contribution in [-0.2, 0) is 15.0 Å². The molecule has 1 amide bonds. The average Bonchev–Trinajstić information content (AvgIpc) is 3.49. The fourth-order valence-corrected chi connectivity index (χ4v) is 5.86. The number of oxazole rings is 1. The molecule has 0 spiro atoms. The van der Waals surface area contributed by atoms with Gasteiger partial charge in [-0.3, -0.25) is 9.59 Å². The molecule has 1 atom stereocenters. The summed E-state index contributed by atoms with van der Waals surface area (Å²) in [5, 5.41) is 11.8. The lowest BCUT2D eigenvalue weighted by Crippen LogP contribution is -2.55. The summed E-state index contributed by atoms with van der Waals surface area (Å²) < 4.78 is 40.1. The number of aromatic nitrogens is 1. The number of carbonyl (C=O) groups is 2. The number of piperazine rings is 1. The third-order valence-corrected chi connectivity index (χ3v) is 8.35. The minimum atomic E-state index is -3.93. The fraction of sp³-hybridized carbons (Fsp3) is 0.345. The SMILES string of the molecule is CNC(=O)c1cnc(-c2cc(C#Cc3ccc(N4CCN(S(=O)(=O)NC(C(=O)O)C(C)C)CC4)cc3)ccc2OC)o1. The molecular weight excluding hydrogens is 562 g/mol. The summed E-state index contributed by atoms with van der Waals surface area (Å²) in [7, 11) is -0.885. The molecule has 1 saturated heterocycles. The van der Waals surface area contributed by atoms with Gasteiger partial charge in [-0.25, -0.2) is 4.98 Å². The smallest absolute Gasteiger partial charge is 0.322 e. The van der Waals surface area contributed by atoms with Crippen LogP contribution in [0.15, 0.2) is 53.1 Å². The molecule has 1 aliphatic rings. The van der Waals surface area contributed by atoms with Crippen molar-refractivity contribution < 1.29 is 32.3 Å². The maximum atomic E-state index is 12.7. The van der Waals surface area contributed by atoms with E-state index in [9.17, 15) is 23.1 Å². The Labute approximate surface area is 244 Å². The molecule has 222 valence electrons. The number of nitrogens with one attached hydrogen (secondary N) is 2. The number of carboxylic acids is 1. The zero-order valence-corrected chi connectivity index (χ0v) is 24.6. The molecule has 3 aromatic rings. The number of anilines is 1. The summed E-state index contributed by atoms with van der Waals surface area (Å²) in [6, 6.07) is 11.8. The lowest BCUT2D eigenvalue weighted by atomic mass is 10.1. The number of benzene rings is 2. The van der Waals surface area contributed by atoms with Crippen molar-refractivity contribution in [2.24, 2.45) is 5.92 Å². The van der Waals surface area contributed by atoms with E-state index in [-0.39, 0.29) is 36.6 Å². The number of ether oxygens (including phenoxy) is 1. The second-order valence-corrected chi connectivity index (χ2v) is 11.6. The first-order chi connectivity index (χ1) is 20.0. The highest BCUT2D eigenvalue weighted by atomic mass is 32.2. The van der Waals surface area contributed by atoms with E-state index < -0.39 is 22.2 Å². The maximum Gasteiger partial charge on any atom is 0.322 e. The lowest BCUT2D eigenvalue weighted by Gasteiger charge is -2.36. The standard InChI is InChI=1S/C29H33N5O7S/c1-19(2)26(29(36)37)32-42(38,39)34-15-13-33(14-16-34)22-10-7-20(8-11-22)5-6-21-9-12-24(40-4)23(17-21)28-31-18-25(41-28)27(35)30-3/h7-12,17-19,26,32H,13-16H2,1-4H3,(H,30,35)(H,36,37). The third-order valence-electron chi connectivity index (χ3n) is 6.76. The van der Waals surface area contributed by atoms with E-state index in [1.807, 2.05) is 30.3 Å². The summed E-state index contributed by atoms with van der Waals surface area (Å²) in [5.41, 5.74) is 2.98. The van der Waals surface area contributed by atoms with Crippen LogP contribution < -0.4 is 19.7 Å². The molecule has 1 aliphatic heterocycles. The molecular formula is C29H33N5O7S. The first kappa shape index (κ1) is 30.6. The molecule has 2 aromatic carbocycles. The quantitative estimate of drug-likeness (QED) is 0.316. The highest BCUT2D eigenvalue weighted by Crippen LogP contribution is 2.30. The van der Waals surface area contributed by atoms with Gasteiger partial charge < -0.3 is 24.5 Å². The van der Waals surface area contributed by atoms with Crippen LogP contribution in [-0.4, -0.2) is 81.1 Å². The van der Waals surface area contributed by atoms with E-state index >= 15 is 0 Å². The van der Waals surface area contributed by atoms with Gasteiger partial charge in [0.25, 0.3) is 16.1 Å². The fourth-order valence-electron chi connectivity index (χ4n) is 4.37. The second kappa shape index (κ2) is 13.1. The van der Waals surface area contributed by atoms with Crippen molar-refractivity contribution in [3.05, 3.63) is 65.5 Å². The van der Waals surface area contributed by atoms with Crippen LogP contribution >= 0.6 is 0 Å². The van der Waals surface area contributed by atoms with Crippen molar-refractivity contribution in [1.82, 2.24) is 19.3 Å². The van der Waals surface area contributed by atoms with Gasteiger partial charge in [0.05, 0.1) is 18.9 Å². The summed E-state index contributed by atoms with van der Waals surface area (Å²) in [6.45, 7) is 4.70. The Morgan fingerprint density at radius 1 is 1.05 bits per heavy atom. The minimum absolute atomic E-state index is 0.0868. The number of carbonyl (C=O) groups excluding carboxylic acids is 1. The highest BCUT2D eigenvalue weighted by Gasteiger charge is 2.33. The Morgan fingerprint density at radius 3 is 2.29 bits per heavy atom. The predicted molar refractivity (Wildman–Crippen MR) is 156 cm³/mol. The van der Waals surface area contributed by atoms with E-state index in [1.165, 1.54) is 24.7 Å². The number of carboxylic acid groups (broad SMARTS) is 1. The van der Waals surface area contributed by atoms with Crippen molar-refractivity contribution in [2.75, 3.05) is 45.2 Å². The molecule has 3 N–H and O–H groups in total. The van der Waals surface area contributed by atoms with Gasteiger partial charge in [0.2, 0.25) is 11.7 Å². The van der Waals surface area contributed by atoms with Gasteiger partial charge >= 0.3 is 5.97 Å². The van der Waals surface area contributed by atoms with Crippen molar-refractivity contribution in [3.8, 4) is 29.0 Å². The van der Waals surface area contributed by atoms with E-state index in [0.29, 0.717) is 30.0 Å². The highest BCUT2D eigenvalue weighted by molar-refractivity contribution is 7.87. The second-order valence-electron chi connectivity index (χ2n) is 9.89. The molecule has 12 nitrogen and oxygen atoms in total. The number of methoxy groups -OCH3 is 1. The van der Waals surface area contributed by atoms with Gasteiger partial charge in [-0.1, -0.05) is 25.7 Å². The molecule has 0 radical (unpaired) electrons. The minimum Gasteiger partial charge on any atom is -0.496 e. The lowest BCUT2D eigenvalue weighted by molar-refractivity contribution is -0.140. The van der Waals surface area contributed by atoms with Gasteiger partial charge in [0.1, 0.15) is 11.8 Å². The summed E-state index contributed by atoms with van der Waals surface area (Å²) in [4.78, 5) is 29.5. The number of hydrogen-bond donors (Lipinski definition) is 3. The van der Waals surface area contributed by atoms with Crippen molar-refractivity contribution in [2.45, 2.75) is 19.9 Å². The van der Waals surface area contributed by atoms with Gasteiger partial charge in [-0.2, -0.15) is 17.4 Å². The molecule has 2 heterocycles. The molecule has 1 fully saturated rings. The molecule has 1 aromatic heterocycles. The number of hydrogen-bond acceptors (Lipinski definition) is 8. The first-order valence-corrected chi connectivity index (χ1v) is 14.7. The number of aliphatic carboxylic acids is 1. The van der Waals surface area contributed by atoms with Crippen molar-refractivity contribution in [3.63, 3.8) is 0 Å². The zero-order valence-electron chi connectivity index (χ0n) is 23.7. The van der Waals surface area contributed by atoms with Crippen LogP contribution in [0.3, 0.4) is 0 Å². The normalized spacial score (nSPS) is 14.6. The van der Waals surface area contributed by atoms with Gasteiger partial charge in [-0.15, -0.1) is 0 Å². The molecule has 0 aliphatic carbocycles. The van der Waals surface area contributed by atoms with Crippen LogP contribution in [0.5, 0.6) is 5.75 Å². The largest absolute Gasteiger partial charge is 0.496 e. The Hall–Kier alpha value is -4.38. The predicted octanol–water partition coefficient (Wildman–Crippen LogP) is 2.18. The average molecular weight is 596 g/mol. The summed E-state index contributed by atoms with van der Waals surface area (Å²) in [6.07, 6.45) is 1.35. The molecule has 0 saturated carbocycles. The Morgan fingerprint density at radius 2 is 1.69 bits per heavy atom. The van der Waals surface area contributed by atoms with Gasteiger partial charge in [0, 0.05) is 50.0 Å². The molecule has 13 heteroatoms. The number of nitrogens with zero attached hydrogens (tertiary/aromatic N) is 3. The van der Waals surface area contributed by atoms with Crippen LogP contribution in [0.2, 0.25) is 0 Å². The monoisotopic (exact) mass is 595 g/mol. The molecule has 42 heavy (non-hydrogen) atoms. The summed E-state index contributed by atoms with van der Waals surface area (Å²) >= 11 is 0. The number of amides is 1. The van der Waals surface area contributed by atoms with Gasteiger partial charge in [-0.05, 0) is 48.4 Å². The third kappa shape index (κ3) is 7.09. The maximum absolute atomic E-state index is 12.7. The Kier molecular flexibility index (Phi) is 9.52. The first-order valence-electron chi connectivity index (χ1n) is 13.3. The van der Waals surface area contributed by atoms with Crippen LogP contribution in [0.25, 0.3) is 11.5 Å². The summed E-state index contributed by atoms with van der Waals surface area (Å²) in [5.74, 6) is 5.15. The van der Waals surface area contributed by atoms with E-state index in [2.05, 4.69) is 31.8 Å². The molecule has 4 rings (SSSR count). The topological polar surface area (TPSA) is 154 Å². The van der Waals surface area contributed by atoms with Crippen molar-refractivity contribution in [1.29, 1.82) is 0 Å². The van der Waals surface area contributed by atoms with E-state index in [4.69, 9.17) is 9.15 Å². The molecule has 0 bridgehead atoms. The zero-order chi connectivity index (χ0) is 30.4.